The molecule has 3 heterocycles. The number of hydrogen-bond donors (Lipinski definition) is 0. The Balaban J connectivity index is 1.31. The average molecular weight is 365 g/mol. The summed E-state index contributed by atoms with van der Waals surface area (Å²) in [5, 5.41) is 0. The van der Waals surface area contributed by atoms with E-state index in [2.05, 4.69) is 40.2 Å². The average Bonchev–Trinajstić information content (AvgIpc) is 2.74. The minimum atomic E-state index is -0.181. The van der Waals surface area contributed by atoms with Gasteiger partial charge < -0.3 is 14.5 Å². The molecule has 142 valence electrons. The van der Waals surface area contributed by atoms with Gasteiger partial charge in [0.1, 0.15) is 0 Å². The number of pyridine rings is 1. The Morgan fingerprint density at radius 2 is 1.89 bits per heavy atom. The van der Waals surface area contributed by atoms with E-state index in [1.165, 1.54) is 5.56 Å². The summed E-state index contributed by atoms with van der Waals surface area (Å²) in [4.78, 5) is 21.3. The molecule has 0 N–H and O–H groups in total. The number of aromatic nitrogens is 1. The van der Waals surface area contributed by atoms with Gasteiger partial charge >= 0.3 is 0 Å². The Morgan fingerprint density at radius 1 is 1.07 bits per heavy atom. The molecule has 0 unspecified atom stereocenters. The lowest BCUT2D eigenvalue weighted by Gasteiger charge is -2.47. The van der Waals surface area contributed by atoms with E-state index >= 15 is 0 Å². The van der Waals surface area contributed by atoms with Crippen molar-refractivity contribution in [1.29, 1.82) is 0 Å². The van der Waals surface area contributed by atoms with Gasteiger partial charge in [-0.05, 0) is 37.0 Å². The molecule has 2 aliphatic rings. The summed E-state index contributed by atoms with van der Waals surface area (Å²) >= 11 is 0. The number of piperidine rings is 1. The highest BCUT2D eigenvalue weighted by Crippen LogP contribution is 2.30. The molecule has 0 atom stereocenters. The van der Waals surface area contributed by atoms with Crippen LogP contribution in [0.4, 0.5) is 0 Å². The summed E-state index contributed by atoms with van der Waals surface area (Å²) in [6.07, 6.45) is 6.40. The van der Waals surface area contributed by atoms with Crippen molar-refractivity contribution in [3.05, 3.63) is 66.0 Å². The number of morpholine rings is 1. The van der Waals surface area contributed by atoms with E-state index in [9.17, 15) is 4.79 Å². The molecule has 2 fully saturated rings. The molecule has 2 saturated heterocycles. The van der Waals surface area contributed by atoms with Crippen molar-refractivity contribution in [2.24, 2.45) is 0 Å². The maximum Gasteiger partial charge on any atom is 0.255 e. The van der Waals surface area contributed by atoms with Crippen LogP contribution in [0.15, 0.2) is 54.9 Å². The lowest BCUT2D eigenvalue weighted by atomic mass is 9.89. The predicted molar refractivity (Wildman–Crippen MR) is 105 cm³/mol. The first-order valence-electron chi connectivity index (χ1n) is 9.84. The van der Waals surface area contributed by atoms with Gasteiger partial charge in [0.15, 0.2) is 0 Å². The first-order chi connectivity index (χ1) is 13.2. The molecule has 0 aliphatic carbocycles. The lowest BCUT2D eigenvalue weighted by molar-refractivity contribution is -0.127. The second-order valence-electron chi connectivity index (χ2n) is 7.58. The van der Waals surface area contributed by atoms with Gasteiger partial charge in [-0.25, -0.2) is 0 Å². The molecule has 2 aliphatic heterocycles. The molecule has 0 saturated carbocycles. The van der Waals surface area contributed by atoms with Crippen molar-refractivity contribution in [1.82, 2.24) is 14.8 Å². The SMILES string of the molecule is O=C(c1cccnc1)N1CCOC2(CCN(CCc3ccccc3)CC2)C1. The molecule has 0 bridgehead atoms. The van der Waals surface area contributed by atoms with Crippen LogP contribution in [0.2, 0.25) is 0 Å². The van der Waals surface area contributed by atoms with Gasteiger partial charge in [-0.1, -0.05) is 30.3 Å². The van der Waals surface area contributed by atoms with Crippen LogP contribution in [0.1, 0.15) is 28.8 Å². The minimum absolute atomic E-state index is 0.0669. The predicted octanol–water partition coefficient (Wildman–Crippen LogP) is 2.63. The summed E-state index contributed by atoms with van der Waals surface area (Å²) in [7, 11) is 0. The number of likely N-dealkylation sites (tertiary alicyclic amines) is 1. The van der Waals surface area contributed by atoms with Crippen molar-refractivity contribution in [2.75, 3.05) is 39.3 Å². The van der Waals surface area contributed by atoms with Crippen molar-refractivity contribution in [2.45, 2.75) is 24.9 Å². The van der Waals surface area contributed by atoms with E-state index in [1.807, 2.05) is 17.0 Å². The van der Waals surface area contributed by atoms with E-state index < -0.39 is 0 Å². The van der Waals surface area contributed by atoms with Gasteiger partial charge in [0.05, 0.1) is 24.3 Å². The zero-order valence-electron chi connectivity index (χ0n) is 15.7. The number of benzene rings is 1. The number of rotatable bonds is 4. The summed E-state index contributed by atoms with van der Waals surface area (Å²) in [5.41, 5.74) is 1.87. The smallest absolute Gasteiger partial charge is 0.255 e. The Hall–Kier alpha value is -2.24. The number of carbonyl (C=O) groups is 1. The van der Waals surface area contributed by atoms with Crippen molar-refractivity contribution in [3.8, 4) is 0 Å². The Kier molecular flexibility index (Phi) is 5.50. The fraction of sp³-hybridized carbons (Fsp3) is 0.455. The molecular weight excluding hydrogens is 338 g/mol. The van der Waals surface area contributed by atoms with Crippen LogP contribution in [0.3, 0.4) is 0 Å². The number of hydrogen-bond acceptors (Lipinski definition) is 4. The van der Waals surface area contributed by atoms with E-state index in [0.717, 1.165) is 38.9 Å². The van der Waals surface area contributed by atoms with Crippen LogP contribution in [0.5, 0.6) is 0 Å². The highest BCUT2D eigenvalue weighted by atomic mass is 16.5. The quantitative estimate of drug-likeness (QED) is 0.836. The zero-order chi connectivity index (χ0) is 18.5. The molecule has 0 radical (unpaired) electrons. The topological polar surface area (TPSA) is 45.7 Å². The summed E-state index contributed by atoms with van der Waals surface area (Å²) < 4.78 is 6.20. The van der Waals surface area contributed by atoms with Crippen molar-refractivity contribution >= 4 is 5.91 Å². The monoisotopic (exact) mass is 365 g/mol. The summed E-state index contributed by atoms with van der Waals surface area (Å²) in [6, 6.07) is 14.3. The van der Waals surface area contributed by atoms with Gasteiger partial charge in [0.25, 0.3) is 5.91 Å². The first-order valence-corrected chi connectivity index (χ1v) is 9.84. The fourth-order valence-corrected chi connectivity index (χ4v) is 4.11. The maximum atomic E-state index is 12.8. The highest BCUT2D eigenvalue weighted by Gasteiger charge is 2.41. The second-order valence-corrected chi connectivity index (χ2v) is 7.58. The van der Waals surface area contributed by atoms with Crippen molar-refractivity contribution < 1.29 is 9.53 Å². The minimum Gasteiger partial charge on any atom is -0.371 e. The van der Waals surface area contributed by atoms with E-state index in [4.69, 9.17) is 4.74 Å². The summed E-state index contributed by atoms with van der Waals surface area (Å²) in [5.74, 6) is 0.0669. The lowest BCUT2D eigenvalue weighted by Crippen LogP contribution is -2.58. The maximum absolute atomic E-state index is 12.8. The zero-order valence-corrected chi connectivity index (χ0v) is 15.7. The third-order valence-corrected chi connectivity index (χ3v) is 5.77. The standard InChI is InChI=1S/C22H27N3O2/c26-21(20-7-4-11-23-17-20)25-15-16-27-22(18-25)9-13-24(14-10-22)12-8-19-5-2-1-3-6-19/h1-7,11,17H,8-10,12-16,18H2. The Bertz CT molecular complexity index is 743. The van der Waals surface area contributed by atoms with Crippen LogP contribution in [-0.4, -0.2) is 65.6 Å². The van der Waals surface area contributed by atoms with Crippen LogP contribution in [0.25, 0.3) is 0 Å². The second kappa shape index (κ2) is 8.19. The summed E-state index contributed by atoms with van der Waals surface area (Å²) in [6.45, 7) is 5.11. The third kappa shape index (κ3) is 4.37. The molecule has 2 aromatic rings. The molecule has 1 spiro atoms. The number of ether oxygens (including phenoxy) is 1. The van der Waals surface area contributed by atoms with Gasteiger partial charge in [-0.15, -0.1) is 0 Å². The normalized spacial score (nSPS) is 19.9. The molecule has 1 aromatic carbocycles. The fourth-order valence-electron chi connectivity index (χ4n) is 4.11. The van der Waals surface area contributed by atoms with E-state index in [0.29, 0.717) is 25.3 Å². The first kappa shape index (κ1) is 18.1. The number of amides is 1. The van der Waals surface area contributed by atoms with Gasteiger partial charge in [-0.3, -0.25) is 9.78 Å². The molecule has 5 heteroatoms. The molecule has 1 amide bonds. The van der Waals surface area contributed by atoms with Crippen LogP contribution in [0, 0.1) is 0 Å². The van der Waals surface area contributed by atoms with Crippen LogP contribution >= 0.6 is 0 Å². The van der Waals surface area contributed by atoms with E-state index in [-0.39, 0.29) is 11.5 Å². The number of carbonyl (C=O) groups excluding carboxylic acids is 1. The van der Waals surface area contributed by atoms with Crippen LogP contribution < -0.4 is 0 Å². The van der Waals surface area contributed by atoms with Crippen molar-refractivity contribution in [3.63, 3.8) is 0 Å². The molecule has 4 rings (SSSR count). The Labute approximate surface area is 161 Å². The van der Waals surface area contributed by atoms with Gasteiger partial charge in [-0.2, -0.15) is 0 Å². The van der Waals surface area contributed by atoms with Gasteiger partial charge in [0, 0.05) is 38.6 Å². The van der Waals surface area contributed by atoms with E-state index in [1.54, 1.807) is 12.4 Å². The molecular formula is C22H27N3O2. The number of nitrogens with zero attached hydrogens (tertiary/aromatic N) is 3. The van der Waals surface area contributed by atoms with Gasteiger partial charge in [0.2, 0.25) is 0 Å². The third-order valence-electron chi connectivity index (χ3n) is 5.77. The Morgan fingerprint density at radius 3 is 2.63 bits per heavy atom. The molecule has 27 heavy (non-hydrogen) atoms. The molecule has 1 aromatic heterocycles. The highest BCUT2D eigenvalue weighted by molar-refractivity contribution is 5.94. The molecule has 5 nitrogen and oxygen atoms in total. The van der Waals surface area contributed by atoms with Crippen LogP contribution in [-0.2, 0) is 11.2 Å². The largest absolute Gasteiger partial charge is 0.371 e.